The van der Waals surface area contributed by atoms with Gasteiger partial charge >= 0.3 is 0 Å². The van der Waals surface area contributed by atoms with Gasteiger partial charge in [0.15, 0.2) is 0 Å². The number of nitrogens with one attached hydrogen (secondary N) is 1. The van der Waals surface area contributed by atoms with Crippen molar-refractivity contribution in [2.75, 3.05) is 17.1 Å². The van der Waals surface area contributed by atoms with Crippen LogP contribution in [0.5, 0.6) is 0 Å². The van der Waals surface area contributed by atoms with Gasteiger partial charge in [0, 0.05) is 36.4 Å². The zero-order valence-corrected chi connectivity index (χ0v) is 27.4. The molecule has 1 aliphatic carbocycles. The molecule has 1 atom stereocenters. The van der Waals surface area contributed by atoms with Gasteiger partial charge in [0.1, 0.15) is 6.04 Å². The highest BCUT2D eigenvalue weighted by molar-refractivity contribution is 9.10. The molecule has 4 rings (SSSR count). The number of benzene rings is 3. The maximum absolute atomic E-state index is 14.0. The van der Waals surface area contributed by atoms with Gasteiger partial charge in [0.2, 0.25) is 21.8 Å². The van der Waals surface area contributed by atoms with Crippen molar-refractivity contribution in [1.82, 2.24) is 10.2 Å². The monoisotopic (exact) mass is 667 g/mol. The van der Waals surface area contributed by atoms with Crippen LogP contribution in [0.1, 0.15) is 61.6 Å². The van der Waals surface area contributed by atoms with E-state index in [1.54, 1.807) is 11.0 Å². The summed E-state index contributed by atoms with van der Waals surface area (Å²) in [6.45, 7) is 2.35. The quantitative estimate of drug-likeness (QED) is 0.229. The minimum atomic E-state index is -3.55. The molecule has 0 unspecified atom stereocenters. The summed E-state index contributed by atoms with van der Waals surface area (Å²) in [6, 6.07) is 24.3. The molecule has 0 aromatic heterocycles. The van der Waals surface area contributed by atoms with Gasteiger partial charge in [-0.15, -0.1) is 0 Å². The highest BCUT2D eigenvalue weighted by Gasteiger charge is 2.32. The standard InChI is InChI=1S/C34H42BrN3O4S/c1-26-11-9-16-31(23-26)38(43(2,41)42)22-10-17-33(39)37(25-28-18-20-29(35)21-19-28)32(24-27-12-5-3-6-13-27)34(40)36-30-14-7-4-8-15-30/h3,5-6,9,11-13,16,18-21,23,30,32H,4,7-8,10,14-15,17,22,24-25H2,1-2H3,(H,36,40)/t32-/m1/s1. The van der Waals surface area contributed by atoms with Crippen LogP contribution in [0.3, 0.4) is 0 Å². The highest BCUT2D eigenvalue weighted by Crippen LogP contribution is 2.23. The van der Waals surface area contributed by atoms with E-state index in [1.165, 1.54) is 17.0 Å². The summed E-state index contributed by atoms with van der Waals surface area (Å²) >= 11 is 3.48. The molecule has 2 amide bonds. The molecule has 1 fully saturated rings. The van der Waals surface area contributed by atoms with Gasteiger partial charge in [-0.05, 0) is 67.1 Å². The molecule has 0 aliphatic heterocycles. The molecule has 1 N–H and O–H groups in total. The number of aryl methyl sites for hydroxylation is 1. The van der Waals surface area contributed by atoms with Gasteiger partial charge in [-0.1, -0.05) is 89.8 Å². The second kappa shape index (κ2) is 15.5. The normalized spacial score (nSPS) is 14.6. The second-order valence-corrected chi connectivity index (χ2v) is 14.3. The second-order valence-electron chi connectivity index (χ2n) is 11.5. The van der Waals surface area contributed by atoms with Crippen molar-refractivity contribution in [3.05, 3.63) is 100 Å². The van der Waals surface area contributed by atoms with Crippen LogP contribution in [0.4, 0.5) is 5.69 Å². The van der Waals surface area contributed by atoms with E-state index in [4.69, 9.17) is 0 Å². The van der Waals surface area contributed by atoms with E-state index in [0.717, 1.165) is 46.8 Å². The highest BCUT2D eigenvalue weighted by atomic mass is 79.9. The largest absolute Gasteiger partial charge is 0.352 e. The van der Waals surface area contributed by atoms with Crippen LogP contribution in [0.2, 0.25) is 0 Å². The average Bonchev–Trinajstić information content (AvgIpc) is 2.98. The summed E-state index contributed by atoms with van der Waals surface area (Å²) < 4.78 is 27.7. The maximum Gasteiger partial charge on any atom is 0.243 e. The third-order valence-corrected chi connectivity index (χ3v) is 9.65. The van der Waals surface area contributed by atoms with Crippen molar-refractivity contribution in [2.45, 2.75) is 76.9 Å². The minimum Gasteiger partial charge on any atom is -0.352 e. The average molecular weight is 669 g/mol. The first kappa shape index (κ1) is 32.7. The fourth-order valence-corrected chi connectivity index (χ4v) is 6.89. The topological polar surface area (TPSA) is 86.8 Å². The van der Waals surface area contributed by atoms with E-state index < -0.39 is 16.1 Å². The van der Waals surface area contributed by atoms with Crippen molar-refractivity contribution in [3.8, 4) is 0 Å². The third kappa shape index (κ3) is 9.93. The van der Waals surface area contributed by atoms with Crippen molar-refractivity contribution >= 4 is 43.5 Å². The lowest BCUT2D eigenvalue weighted by atomic mass is 9.94. The molecule has 0 saturated heterocycles. The Bertz CT molecular complexity index is 1460. The van der Waals surface area contributed by atoms with Crippen molar-refractivity contribution in [3.63, 3.8) is 0 Å². The number of amides is 2. The number of carbonyl (C=O) groups excluding carboxylic acids is 2. The molecule has 3 aromatic rings. The van der Waals surface area contributed by atoms with E-state index in [-0.39, 0.29) is 37.4 Å². The van der Waals surface area contributed by atoms with Gasteiger partial charge in [-0.25, -0.2) is 8.42 Å². The van der Waals surface area contributed by atoms with E-state index in [1.807, 2.05) is 79.7 Å². The van der Waals surface area contributed by atoms with E-state index in [9.17, 15) is 18.0 Å². The molecule has 1 saturated carbocycles. The fraction of sp³-hybridized carbons (Fsp3) is 0.412. The van der Waals surface area contributed by atoms with Crippen molar-refractivity contribution in [2.24, 2.45) is 0 Å². The summed E-state index contributed by atoms with van der Waals surface area (Å²) in [4.78, 5) is 29.7. The molecule has 9 heteroatoms. The summed E-state index contributed by atoms with van der Waals surface area (Å²) in [6.07, 6.45) is 7.26. The zero-order chi connectivity index (χ0) is 30.8. The number of rotatable bonds is 13. The van der Waals surface area contributed by atoms with E-state index in [0.29, 0.717) is 18.5 Å². The molecule has 3 aromatic carbocycles. The Morgan fingerprint density at radius 3 is 2.28 bits per heavy atom. The Morgan fingerprint density at radius 1 is 0.930 bits per heavy atom. The molecule has 0 radical (unpaired) electrons. The molecule has 0 bridgehead atoms. The number of hydrogen-bond acceptors (Lipinski definition) is 4. The molecule has 0 spiro atoms. The first-order chi connectivity index (χ1) is 20.6. The number of halogens is 1. The molecular formula is C34H42BrN3O4S. The SMILES string of the molecule is Cc1cccc(N(CCCC(=O)N(Cc2ccc(Br)cc2)[C@H](Cc2ccccc2)C(=O)NC2CCCCC2)S(C)(=O)=O)c1. The van der Waals surface area contributed by atoms with Crippen molar-refractivity contribution in [1.29, 1.82) is 0 Å². The maximum atomic E-state index is 14.0. The number of carbonyl (C=O) groups is 2. The number of sulfonamides is 1. The van der Waals surface area contributed by atoms with Crippen LogP contribution >= 0.6 is 15.9 Å². The van der Waals surface area contributed by atoms with E-state index >= 15 is 0 Å². The van der Waals surface area contributed by atoms with Crippen LogP contribution < -0.4 is 9.62 Å². The van der Waals surface area contributed by atoms with Gasteiger partial charge < -0.3 is 10.2 Å². The summed E-state index contributed by atoms with van der Waals surface area (Å²) in [5, 5.41) is 3.26. The number of anilines is 1. The van der Waals surface area contributed by atoms with Gasteiger partial charge in [0.25, 0.3) is 0 Å². The lowest BCUT2D eigenvalue weighted by molar-refractivity contribution is -0.141. The predicted octanol–water partition coefficient (Wildman–Crippen LogP) is 6.39. The Hall–Kier alpha value is -3.17. The van der Waals surface area contributed by atoms with Crippen LogP contribution in [0, 0.1) is 6.92 Å². The van der Waals surface area contributed by atoms with Crippen LogP contribution in [-0.2, 0) is 32.6 Å². The van der Waals surface area contributed by atoms with Gasteiger partial charge in [-0.2, -0.15) is 0 Å². The minimum absolute atomic E-state index is 0.108. The lowest BCUT2D eigenvalue weighted by Gasteiger charge is -2.34. The number of nitrogens with zero attached hydrogens (tertiary/aromatic N) is 2. The Labute approximate surface area is 264 Å². The molecule has 230 valence electrons. The smallest absolute Gasteiger partial charge is 0.243 e. The van der Waals surface area contributed by atoms with E-state index in [2.05, 4.69) is 21.2 Å². The van der Waals surface area contributed by atoms with Gasteiger partial charge in [0.05, 0.1) is 11.9 Å². The first-order valence-corrected chi connectivity index (χ1v) is 17.7. The summed E-state index contributed by atoms with van der Waals surface area (Å²) in [7, 11) is -3.55. The van der Waals surface area contributed by atoms with Crippen LogP contribution in [0.25, 0.3) is 0 Å². The molecule has 7 nitrogen and oxygen atoms in total. The first-order valence-electron chi connectivity index (χ1n) is 15.0. The lowest BCUT2D eigenvalue weighted by Crippen LogP contribution is -2.52. The Morgan fingerprint density at radius 2 is 1.63 bits per heavy atom. The Balaban J connectivity index is 1.58. The molecule has 1 aliphatic rings. The van der Waals surface area contributed by atoms with Crippen LogP contribution in [-0.4, -0.2) is 50.0 Å². The third-order valence-electron chi connectivity index (χ3n) is 7.93. The zero-order valence-electron chi connectivity index (χ0n) is 25.0. The molecule has 0 heterocycles. The molecule has 43 heavy (non-hydrogen) atoms. The fourth-order valence-electron chi connectivity index (χ4n) is 5.67. The van der Waals surface area contributed by atoms with Gasteiger partial charge in [-0.3, -0.25) is 13.9 Å². The van der Waals surface area contributed by atoms with Crippen LogP contribution in [0.15, 0.2) is 83.3 Å². The summed E-state index contributed by atoms with van der Waals surface area (Å²) in [5.41, 5.74) is 3.42. The number of hydrogen-bond donors (Lipinski definition) is 1. The Kier molecular flexibility index (Phi) is 11.8. The van der Waals surface area contributed by atoms with Crippen molar-refractivity contribution < 1.29 is 18.0 Å². The summed E-state index contributed by atoms with van der Waals surface area (Å²) in [5.74, 6) is -0.320. The predicted molar refractivity (Wildman–Crippen MR) is 176 cm³/mol. The molecular weight excluding hydrogens is 626 g/mol.